The van der Waals surface area contributed by atoms with Crippen molar-refractivity contribution in [2.45, 2.75) is 11.8 Å². The van der Waals surface area contributed by atoms with Crippen LogP contribution >= 0.6 is 23.2 Å². The Labute approximate surface area is 92.7 Å². The molecule has 1 saturated carbocycles. The van der Waals surface area contributed by atoms with Gasteiger partial charge < -0.3 is 0 Å². The van der Waals surface area contributed by atoms with Gasteiger partial charge in [-0.25, -0.2) is 0 Å². The summed E-state index contributed by atoms with van der Waals surface area (Å²) in [6.45, 7) is 0.972. The van der Waals surface area contributed by atoms with Crippen molar-refractivity contribution in [3.05, 3.63) is 33.8 Å². The molecule has 0 saturated heterocycles. The first-order valence-electron chi connectivity index (χ1n) is 4.69. The summed E-state index contributed by atoms with van der Waals surface area (Å²) in [6, 6.07) is 5.91. The second kappa shape index (κ2) is 2.74. The van der Waals surface area contributed by atoms with Crippen molar-refractivity contribution >= 4 is 29.4 Å². The summed E-state index contributed by atoms with van der Waals surface area (Å²) in [5.41, 5.74) is 1.46. The highest BCUT2D eigenvalue weighted by molar-refractivity contribution is 6.42. The molecule has 0 radical (unpaired) electrons. The molecule has 3 heteroatoms. The van der Waals surface area contributed by atoms with E-state index in [1.54, 1.807) is 0 Å². The first-order chi connectivity index (χ1) is 6.72. The molecule has 0 aromatic heterocycles. The molecule has 2 atom stereocenters. The fourth-order valence-electron chi connectivity index (χ4n) is 2.29. The second-order valence-electron chi connectivity index (χ2n) is 4.06. The molecular formula is C11H9Cl2N. The van der Waals surface area contributed by atoms with Gasteiger partial charge in [0.15, 0.2) is 0 Å². The van der Waals surface area contributed by atoms with Gasteiger partial charge in [0.25, 0.3) is 0 Å². The van der Waals surface area contributed by atoms with E-state index in [2.05, 4.69) is 17.3 Å². The van der Waals surface area contributed by atoms with Crippen LogP contribution in [-0.2, 0) is 5.41 Å². The molecule has 2 aliphatic rings. The van der Waals surface area contributed by atoms with Crippen molar-refractivity contribution in [3.8, 4) is 0 Å². The average molecular weight is 226 g/mol. The van der Waals surface area contributed by atoms with Crippen molar-refractivity contribution in [1.82, 2.24) is 0 Å². The Morgan fingerprint density at radius 2 is 2.14 bits per heavy atom. The zero-order chi connectivity index (χ0) is 9.76. The number of benzene rings is 1. The van der Waals surface area contributed by atoms with Crippen LogP contribution in [0.25, 0.3) is 0 Å². The van der Waals surface area contributed by atoms with Crippen LogP contribution < -0.4 is 0 Å². The Morgan fingerprint density at radius 3 is 2.71 bits per heavy atom. The zero-order valence-electron chi connectivity index (χ0n) is 7.50. The number of hydrogen-bond donors (Lipinski definition) is 0. The Kier molecular flexibility index (Phi) is 1.71. The summed E-state index contributed by atoms with van der Waals surface area (Å²) in [5, 5.41) is 1.27. The van der Waals surface area contributed by atoms with Crippen LogP contribution in [0, 0.1) is 5.92 Å². The van der Waals surface area contributed by atoms with Crippen molar-refractivity contribution in [1.29, 1.82) is 0 Å². The molecule has 1 aromatic carbocycles. The number of aliphatic imine (C=N–C) groups is 1. The Hall–Kier alpha value is -0.530. The Bertz CT molecular complexity index is 427. The molecule has 0 bridgehead atoms. The largest absolute Gasteiger partial charge is 0.296 e. The molecule has 1 aromatic rings. The Morgan fingerprint density at radius 1 is 1.29 bits per heavy atom. The van der Waals surface area contributed by atoms with E-state index >= 15 is 0 Å². The number of nitrogens with zero attached hydrogens (tertiary/aromatic N) is 1. The van der Waals surface area contributed by atoms with E-state index < -0.39 is 0 Å². The fraction of sp³-hybridized carbons (Fsp3) is 0.364. The van der Waals surface area contributed by atoms with Crippen molar-refractivity contribution < 1.29 is 0 Å². The molecule has 1 fully saturated rings. The average Bonchev–Trinajstić information content (AvgIpc) is 2.75. The lowest BCUT2D eigenvalue weighted by atomic mass is 9.96. The highest BCUT2D eigenvalue weighted by atomic mass is 35.5. The van der Waals surface area contributed by atoms with E-state index in [-0.39, 0.29) is 5.41 Å². The molecule has 2 unspecified atom stereocenters. The zero-order valence-corrected chi connectivity index (χ0v) is 9.02. The smallest absolute Gasteiger partial charge is 0.0595 e. The van der Waals surface area contributed by atoms with Crippen LogP contribution in [0.2, 0.25) is 10.0 Å². The van der Waals surface area contributed by atoms with E-state index in [1.807, 2.05) is 12.1 Å². The van der Waals surface area contributed by atoms with E-state index in [9.17, 15) is 0 Å². The second-order valence-corrected chi connectivity index (χ2v) is 4.88. The predicted molar refractivity (Wildman–Crippen MR) is 59.6 cm³/mol. The first kappa shape index (κ1) is 8.75. The van der Waals surface area contributed by atoms with Gasteiger partial charge >= 0.3 is 0 Å². The molecule has 1 heterocycles. The number of hydrogen-bond acceptors (Lipinski definition) is 1. The van der Waals surface area contributed by atoms with Crippen LogP contribution in [-0.4, -0.2) is 12.8 Å². The van der Waals surface area contributed by atoms with Crippen LogP contribution in [0.3, 0.4) is 0 Å². The lowest BCUT2D eigenvalue weighted by molar-refractivity contribution is 0.815. The van der Waals surface area contributed by atoms with Gasteiger partial charge in [0.05, 0.1) is 10.0 Å². The third kappa shape index (κ3) is 1.06. The van der Waals surface area contributed by atoms with Crippen LogP contribution in [0.15, 0.2) is 23.2 Å². The van der Waals surface area contributed by atoms with Crippen molar-refractivity contribution in [2.24, 2.45) is 10.9 Å². The standard InChI is InChI=1S/C11H9Cl2N/c12-9-2-1-7(3-10(9)13)11-4-8(11)5-14-6-11/h1-3,6,8H,4-5H2. The summed E-state index contributed by atoms with van der Waals surface area (Å²) >= 11 is 11.9. The van der Waals surface area contributed by atoms with Gasteiger partial charge in [0, 0.05) is 18.2 Å². The minimum atomic E-state index is 0.203. The predicted octanol–water partition coefficient (Wildman–Crippen LogP) is 3.34. The molecule has 1 aliphatic heterocycles. The summed E-state index contributed by atoms with van der Waals surface area (Å²) in [4.78, 5) is 4.31. The third-order valence-electron chi connectivity index (χ3n) is 3.26. The maximum Gasteiger partial charge on any atom is 0.0595 e. The molecular weight excluding hydrogens is 217 g/mol. The van der Waals surface area contributed by atoms with Crippen LogP contribution in [0.1, 0.15) is 12.0 Å². The van der Waals surface area contributed by atoms with Gasteiger partial charge in [-0.15, -0.1) is 0 Å². The molecule has 14 heavy (non-hydrogen) atoms. The maximum atomic E-state index is 6.00. The molecule has 1 aliphatic carbocycles. The Balaban J connectivity index is 2.06. The number of rotatable bonds is 1. The first-order valence-corrected chi connectivity index (χ1v) is 5.44. The van der Waals surface area contributed by atoms with Gasteiger partial charge in [0.1, 0.15) is 0 Å². The van der Waals surface area contributed by atoms with E-state index in [0.717, 1.165) is 6.54 Å². The SMILES string of the molecule is Clc1ccc(C23C=NCC2C3)cc1Cl. The van der Waals surface area contributed by atoms with Crippen LogP contribution in [0.4, 0.5) is 0 Å². The molecule has 0 spiro atoms. The number of fused-ring (bicyclic) bond motifs is 1. The lowest BCUT2D eigenvalue weighted by Crippen LogP contribution is -2.08. The molecule has 72 valence electrons. The normalized spacial score (nSPS) is 33.1. The van der Waals surface area contributed by atoms with E-state index in [1.165, 1.54) is 12.0 Å². The minimum absolute atomic E-state index is 0.203. The minimum Gasteiger partial charge on any atom is -0.296 e. The lowest BCUT2D eigenvalue weighted by Gasteiger charge is -2.09. The highest BCUT2D eigenvalue weighted by Crippen LogP contribution is 2.56. The third-order valence-corrected chi connectivity index (χ3v) is 4.00. The van der Waals surface area contributed by atoms with Gasteiger partial charge in [-0.1, -0.05) is 29.3 Å². The van der Waals surface area contributed by atoms with Gasteiger partial charge in [0.2, 0.25) is 0 Å². The summed E-state index contributed by atoms with van der Waals surface area (Å²) < 4.78 is 0. The van der Waals surface area contributed by atoms with Gasteiger partial charge in [-0.2, -0.15) is 0 Å². The topological polar surface area (TPSA) is 12.4 Å². The van der Waals surface area contributed by atoms with Gasteiger partial charge in [-0.05, 0) is 30.0 Å². The summed E-state index contributed by atoms with van der Waals surface area (Å²) in [5.74, 6) is 0.708. The molecule has 0 amide bonds. The highest BCUT2D eigenvalue weighted by Gasteiger charge is 2.56. The number of halogens is 2. The van der Waals surface area contributed by atoms with Gasteiger partial charge in [-0.3, -0.25) is 4.99 Å². The molecule has 3 rings (SSSR count). The van der Waals surface area contributed by atoms with Crippen molar-refractivity contribution in [3.63, 3.8) is 0 Å². The molecule has 0 N–H and O–H groups in total. The summed E-state index contributed by atoms with van der Waals surface area (Å²) in [6.07, 6.45) is 3.30. The fourth-order valence-corrected chi connectivity index (χ4v) is 2.59. The monoisotopic (exact) mass is 225 g/mol. The maximum absolute atomic E-state index is 6.00. The van der Waals surface area contributed by atoms with E-state index in [4.69, 9.17) is 23.2 Å². The van der Waals surface area contributed by atoms with Crippen molar-refractivity contribution in [2.75, 3.05) is 6.54 Å². The molecule has 1 nitrogen and oxygen atoms in total. The van der Waals surface area contributed by atoms with Crippen LogP contribution in [0.5, 0.6) is 0 Å². The quantitative estimate of drug-likeness (QED) is 0.696. The van der Waals surface area contributed by atoms with E-state index in [0.29, 0.717) is 16.0 Å². The summed E-state index contributed by atoms with van der Waals surface area (Å²) in [7, 11) is 0.